The summed E-state index contributed by atoms with van der Waals surface area (Å²) in [7, 11) is 3.75. The zero-order chi connectivity index (χ0) is 9.82. The zero-order valence-corrected chi connectivity index (χ0v) is 9.61. The van der Waals surface area contributed by atoms with E-state index in [1.165, 1.54) is 32.1 Å². The monoisotopic (exact) mass is 173 g/mol. The van der Waals surface area contributed by atoms with Gasteiger partial charge in [0.1, 0.15) is 0 Å². The standard InChI is InChI=1S/C7H14.C2H7N.C2H6/c1-7-5-3-2-4-6-7;1-3-2;1-2/h7H,2-6H2,1H3;3H,1-2H3;1-2H3. The van der Waals surface area contributed by atoms with Crippen LogP contribution in [0.15, 0.2) is 0 Å². The van der Waals surface area contributed by atoms with Gasteiger partial charge in [-0.15, -0.1) is 0 Å². The molecule has 1 rings (SSSR count). The largest absolute Gasteiger partial charge is 0.323 e. The first-order valence-electron chi connectivity index (χ1n) is 5.39. The Balaban J connectivity index is 0. The quantitative estimate of drug-likeness (QED) is 0.591. The molecule has 0 spiro atoms. The molecular weight excluding hydrogens is 146 g/mol. The van der Waals surface area contributed by atoms with Crippen molar-refractivity contribution in [3.63, 3.8) is 0 Å². The van der Waals surface area contributed by atoms with E-state index in [0.29, 0.717) is 0 Å². The van der Waals surface area contributed by atoms with Gasteiger partial charge in [0.15, 0.2) is 0 Å². The summed E-state index contributed by atoms with van der Waals surface area (Å²) in [5.41, 5.74) is 0. The molecule has 1 heteroatoms. The minimum Gasteiger partial charge on any atom is -0.323 e. The smallest absolute Gasteiger partial charge is 0.0167 e. The summed E-state index contributed by atoms with van der Waals surface area (Å²) in [6.45, 7) is 6.36. The lowest BCUT2D eigenvalue weighted by Gasteiger charge is -2.15. The molecule has 0 atom stereocenters. The van der Waals surface area contributed by atoms with Crippen molar-refractivity contribution in [3.8, 4) is 0 Å². The molecular formula is C11H27N. The van der Waals surface area contributed by atoms with Crippen molar-refractivity contribution in [3.05, 3.63) is 0 Å². The predicted molar refractivity (Wildman–Crippen MR) is 58.6 cm³/mol. The highest BCUT2D eigenvalue weighted by Crippen LogP contribution is 2.21. The van der Waals surface area contributed by atoms with E-state index in [1.54, 1.807) is 0 Å². The van der Waals surface area contributed by atoms with E-state index in [2.05, 4.69) is 12.2 Å². The molecule has 0 radical (unpaired) electrons. The molecule has 1 N–H and O–H groups in total. The van der Waals surface area contributed by atoms with E-state index in [4.69, 9.17) is 0 Å². The van der Waals surface area contributed by atoms with Crippen LogP contribution in [0, 0.1) is 5.92 Å². The van der Waals surface area contributed by atoms with Crippen LogP contribution in [0.2, 0.25) is 0 Å². The number of rotatable bonds is 0. The molecule has 0 heterocycles. The lowest BCUT2D eigenvalue weighted by atomic mass is 9.91. The highest BCUT2D eigenvalue weighted by Gasteiger charge is 2.05. The summed E-state index contributed by atoms with van der Waals surface area (Å²) in [6, 6.07) is 0. The first kappa shape index (κ1) is 14.5. The van der Waals surface area contributed by atoms with Gasteiger partial charge in [-0.05, 0) is 20.0 Å². The topological polar surface area (TPSA) is 12.0 Å². The van der Waals surface area contributed by atoms with Crippen molar-refractivity contribution in [2.75, 3.05) is 14.1 Å². The summed E-state index contributed by atoms with van der Waals surface area (Å²) in [6.07, 6.45) is 7.44. The Hall–Kier alpha value is -0.0400. The Labute approximate surface area is 78.9 Å². The first-order chi connectivity index (χ1) is 5.81. The van der Waals surface area contributed by atoms with Crippen molar-refractivity contribution in [1.82, 2.24) is 5.32 Å². The molecule has 0 saturated heterocycles. The van der Waals surface area contributed by atoms with E-state index in [9.17, 15) is 0 Å². The van der Waals surface area contributed by atoms with Gasteiger partial charge < -0.3 is 5.32 Å². The van der Waals surface area contributed by atoms with E-state index in [0.717, 1.165) is 5.92 Å². The molecule has 0 aromatic rings. The van der Waals surface area contributed by atoms with Gasteiger partial charge in [0, 0.05) is 0 Å². The summed E-state index contributed by atoms with van der Waals surface area (Å²) < 4.78 is 0. The van der Waals surface area contributed by atoms with Crippen molar-refractivity contribution in [2.45, 2.75) is 52.9 Å². The average Bonchev–Trinajstić information content (AvgIpc) is 2.11. The van der Waals surface area contributed by atoms with E-state index in [1.807, 2.05) is 27.9 Å². The molecule has 0 amide bonds. The lowest BCUT2D eigenvalue weighted by molar-refractivity contribution is 0.385. The van der Waals surface area contributed by atoms with Crippen LogP contribution in [0.4, 0.5) is 0 Å². The highest BCUT2D eigenvalue weighted by atomic mass is 14.7. The zero-order valence-electron chi connectivity index (χ0n) is 9.61. The summed E-state index contributed by atoms with van der Waals surface area (Å²) in [5.74, 6) is 1.04. The molecule has 0 aromatic heterocycles. The van der Waals surface area contributed by atoms with Gasteiger partial charge in [0.25, 0.3) is 0 Å². The maximum atomic E-state index is 2.75. The van der Waals surface area contributed by atoms with Gasteiger partial charge in [-0.1, -0.05) is 52.9 Å². The minimum absolute atomic E-state index is 1.04. The average molecular weight is 173 g/mol. The molecule has 76 valence electrons. The highest BCUT2D eigenvalue weighted by molar-refractivity contribution is 4.59. The van der Waals surface area contributed by atoms with E-state index < -0.39 is 0 Å². The SMILES string of the molecule is CC.CC1CCCCC1.CNC. The number of hydrogen-bond acceptors (Lipinski definition) is 1. The molecule has 0 bridgehead atoms. The molecule has 1 aliphatic rings. The van der Waals surface area contributed by atoms with Crippen molar-refractivity contribution in [1.29, 1.82) is 0 Å². The lowest BCUT2D eigenvalue weighted by Crippen LogP contribution is -1.99. The fraction of sp³-hybridized carbons (Fsp3) is 1.00. The molecule has 1 aliphatic carbocycles. The second kappa shape index (κ2) is 13.5. The summed E-state index contributed by atoms with van der Waals surface area (Å²) in [5, 5.41) is 2.75. The molecule has 12 heavy (non-hydrogen) atoms. The molecule has 0 unspecified atom stereocenters. The third-order valence-corrected chi connectivity index (χ3v) is 1.89. The Morgan fingerprint density at radius 3 is 1.42 bits per heavy atom. The van der Waals surface area contributed by atoms with Gasteiger partial charge in [0.05, 0.1) is 0 Å². The molecule has 0 aliphatic heterocycles. The van der Waals surface area contributed by atoms with Crippen LogP contribution in [0.1, 0.15) is 52.9 Å². The van der Waals surface area contributed by atoms with Gasteiger partial charge in [0.2, 0.25) is 0 Å². The molecule has 0 aromatic carbocycles. The number of hydrogen-bond donors (Lipinski definition) is 1. The summed E-state index contributed by atoms with van der Waals surface area (Å²) >= 11 is 0. The van der Waals surface area contributed by atoms with Crippen LogP contribution in [0.25, 0.3) is 0 Å². The maximum Gasteiger partial charge on any atom is -0.0167 e. The summed E-state index contributed by atoms with van der Waals surface area (Å²) in [4.78, 5) is 0. The van der Waals surface area contributed by atoms with Gasteiger partial charge in [-0.25, -0.2) is 0 Å². The van der Waals surface area contributed by atoms with Crippen LogP contribution in [-0.4, -0.2) is 14.1 Å². The predicted octanol–water partition coefficient (Wildman–Crippen LogP) is 3.45. The molecule has 1 saturated carbocycles. The van der Waals surface area contributed by atoms with Gasteiger partial charge in [-0.2, -0.15) is 0 Å². The van der Waals surface area contributed by atoms with Crippen molar-refractivity contribution >= 4 is 0 Å². The van der Waals surface area contributed by atoms with E-state index >= 15 is 0 Å². The third kappa shape index (κ3) is 12.6. The normalized spacial score (nSPS) is 16.8. The van der Waals surface area contributed by atoms with Crippen LogP contribution < -0.4 is 5.32 Å². The Bertz CT molecular complexity index is 56.0. The van der Waals surface area contributed by atoms with Crippen molar-refractivity contribution < 1.29 is 0 Å². The Morgan fingerprint density at radius 1 is 0.917 bits per heavy atom. The van der Waals surface area contributed by atoms with Crippen LogP contribution in [0.3, 0.4) is 0 Å². The minimum atomic E-state index is 1.04. The second-order valence-electron chi connectivity index (χ2n) is 3.24. The third-order valence-electron chi connectivity index (χ3n) is 1.89. The van der Waals surface area contributed by atoms with E-state index in [-0.39, 0.29) is 0 Å². The second-order valence-corrected chi connectivity index (χ2v) is 3.24. The fourth-order valence-corrected chi connectivity index (χ4v) is 1.31. The molecule has 1 fully saturated rings. The fourth-order valence-electron chi connectivity index (χ4n) is 1.31. The van der Waals surface area contributed by atoms with Crippen molar-refractivity contribution in [2.24, 2.45) is 5.92 Å². The Kier molecular flexibility index (Phi) is 16.3. The Morgan fingerprint density at radius 2 is 1.25 bits per heavy atom. The maximum absolute atomic E-state index is 2.75. The first-order valence-corrected chi connectivity index (χ1v) is 5.39. The van der Waals surface area contributed by atoms with Crippen LogP contribution in [-0.2, 0) is 0 Å². The van der Waals surface area contributed by atoms with Crippen LogP contribution in [0.5, 0.6) is 0 Å². The van der Waals surface area contributed by atoms with Gasteiger partial charge in [-0.3, -0.25) is 0 Å². The molecule has 1 nitrogen and oxygen atoms in total. The number of nitrogens with one attached hydrogen (secondary N) is 1. The van der Waals surface area contributed by atoms with Gasteiger partial charge >= 0.3 is 0 Å². The van der Waals surface area contributed by atoms with Crippen LogP contribution >= 0.6 is 0 Å².